The summed E-state index contributed by atoms with van der Waals surface area (Å²) in [6.45, 7) is 19.6. The van der Waals surface area contributed by atoms with Gasteiger partial charge in [-0.15, -0.1) is 11.3 Å². The molecule has 288 valence electrons. The Morgan fingerprint density at radius 1 is 1.04 bits per heavy atom. The van der Waals surface area contributed by atoms with Crippen LogP contribution in [0.1, 0.15) is 105 Å². The van der Waals surface area contributed by atoms with Gasteiger partial charge in [-0.2, -0.15) is 0 Å². The van der Waals surface area contributed by atoms with Gasteiger partial charge in [-0.05, 0) is 59.0 Å². The fourth-order valence-electron chi connectivity index (χ4n) is 5.92. The Morgan fingerprint density at radius 2 is 1.73 bits per heavy atom. The van der Waals surface area contributed by atoms with E-state index in [-0.39, 0.29) is 29.8 Å². The number of cyclic esters (lactones) is 1. The molecular formula is C42H62N2O7S. The molecule has 10 heteroatoms. The SMILES string of the molecule is CNC(=O)O[C@@H](CC(C)C)c1nc([C@H]2OC(=O)C(C)=CCC(C)=C[C@@H](O)[C@@H](C)C=C(C)C=C(C)C=C[C@@H](O)[C@H](C)[C@H](OC)C(C)=CC=C[C@@H]2C)cs1. The summed E-state index contributed by atoms with van der Waals surface area (Å²) in [5.41, 5.74) is 4.83. The summed E-state index contributed by atoms with van der Waals surface area (Å²) in [6.07, 6.45) is 14.6. The lowest BCUT2D eigenvalue weighted by atomic mass is 9.91. The number of hydrogen-bond acceptors (Lipinski definition) is 9. The van der Waals surface area contributed by atoms with E-state index in [9.17, 15) is 19.8 Å². The first-order valence-electron chi connectivity index (χ1n) is 18.1. The molecule has 0 unspecified atom stereocenters. The van der Waals surface area contributed by atoms with Crippen molar-refractivity contribution in [1.29, 1.82) is 0 Å². The van der Waals surface area contributed by atoms with Crippen LogP contribution in [0.3, 0.4) is 0 Å². The van der Waals surface area contributed by atoms with Gasteiger partial charge in [0.05, 0.1) is 24.0 Å². The molecular weight excluding hydrogens is 677 g/mol. The summed E-state index contributed by atoms with van der Waals surface area (Å²) in [5, 5.41) is 27.0. The van der Waals surface area contributed by atoms with Gasteiger partial charge in [0.25, 0.3) is 0 Å². The largest absolute Gasteiger partial charge is 0.452 e. The van der Waals surface area contributed by atoms with E-state index in [0.29, 0.717) is 29.1 Å². The molecule has 2 rings (SSSR count). The van der Waals surface area contributed by atoms with Gasteiger partial charge in [-0.25, -0.2) is 14.6 Å². The predicted octanol–water partition coefficient (Wildman–Crippen LogP) is 9.06. The third-order valence-corrected chi connectivity index (χ3v) is 9.99. The highest BCUT2D eigenvalue weighted by atomic mass is 32.1. The highest BCUT2D eigenvalue weighted by Crippen LogP contribution is 2.34. The number of amides is 1. The smallest absolute Gasteiger partial charge is 0.407 e. The van der Waals surface area contributed by atoms with Gasteiger partial charge < -0.3 is 29.7 Å². The minimum absolute atomic E-state index is 0.147. The first-order chi connectivity index (χ1) is 24.5. The molecule has 2 heterocycles. The number of rotatable bonds is 6. The Balaban J connectivity index is 2.60. The molecule has 0 aromatic carbocycles. The topological polar surface area (TPSA) is 127 Å². The maximum absolute atomic E-state index is 13.6. The lowest BCUT2D eigenvalue weighted by Crippen LogP contribution is -2.30. The second-order valence-corrected chi connectivity index (χ2v) is 15.4. The fourth-order valence-corrected chi connectivity index (χ4v) is 6.80. The Kier molecular flexibility index (Phi) is 18.7. The number of nitrogens with one attached hydrogen (secondary N) is 1. The molecule has 9 nitrogen and oxygen atoms in total. The van der Waals surface area contributed by atoms with Crippen LogP contribution in [0.5, 0.6) is 0 Å². The number of hydrogen-bond donors (Lipinski definition) is 3. The molecule has 0 aliphatic carbocycles. The van der Waals surface area contributed by atoms with Gasteiger partial charge in [0.15, 0.2) is 12.2 Å². The quantitative estimate of drug-likeness (QED) is 0.195. The Bertz CT molecular complexity index is 1550. The lowest BCUT2D eigenvalue weighted by molar-refractivity contribution is -0.146. The molecule has 1 aliphatic heterocycles. The van der Waals surface area contributed by atoms with Crippen molar-refractivity contribution in [3.8, 4) is 0 Å². The average molecular weight is 739 g/mol. The second-order valence-electron chi connectivity index (χ2n) is 14.5. The van der Waals surface area contributed by atoms with E-state index in [1.807, 2.05) is 102 Å². The van der Waals surface area contributed by atoms with E-state index >= 15 is 0 Å². The van der Waals surface area contributed by atoms with E-state index in [0.717, 1.165) is 22.3 Å². The number of nitrogens with zero attached hydrogens (tertiary/aromatic N) is 1. The van der Waals surface area contributed by atoms with Crippen molar-refractivity contribution in [3.63, 3.8) is 0 Å². The summed E-state index contributed by atoms with van der Waals surface area (Å²) in [5.74, 6) is -0.903. The van der Waals surface area contributed by atoms with Crippen LogP contribution in [0.4, 0.5) is 4.79 Å². The molecule has 1 amide bonds. The molecule has 0 saturated carbocycles. The fraction of sp³-hybridized carbons (Fsp3) is 0.548. The minimum atomic E-state index is -0.755. The Hall–Kier alpha value is -3.57. The highest BCUT2D eigenvalue weighted by molar-refractivity contribution is 7.09. The molecule has 0 saturated heterocycles. The van der Waals surface area contributed by atoms with E-state index < -0.39 is 36.5 Å². The summed E-state index contributed by atoms with van der Waals surface area (Å²) < 4.78 is 17.7. The summed E-state index contributed by atoms with van der Waals surface area (Å²) in [7, 11) is 3.15. The third kappa shape index (κ3) is 14.5. The number of carbonyl (C=O) groups is 2. The summed E-state index contributed by atoms with van der Waals surface area (Å²) in [4.78, 5) is 30.6. The zero-order valence-electron chi connectivity index (χ0n) is 33.2. The van der Waals surface area contributed by atoms with Crippen LogP contribution in [0.15, 0.2) is 87.9 Å². The van der Waals surface area contributed by atoms with E-state index in [1.54, 1.807) is 20.1 Å². The highest BCUT2D eigenvalue weighted by Gasteiger charge is 2.29. The number of aliphatic hydroxyl groups is 2. The van der Waals surface area contributed by atoms with Gasteiger partial charge in [-0.1, -0.05) is 106 Å². The number of alkyl carbamates (subject to hydrolysis) is 1. The van der Waals surface area contributed by atoms with Crippen molar-refractivity contribution in [1.82, 2.24) is 10.3 Å². The van der Waals surface area contributed by atoms with Crippen LogP contribution in [0, 0.1) is 23.7 Å². The van der Waals surface area contributed by atoms with Crippen molar-refractivity contribution in [3.05, 3.63) is 98.6 Å². The van der Waals surface area contributed by atoms with Crippen LogP contribution in [-0.4, -0.2) is 59.7 Å². The maximum Gasteiger partial charge on any atom is 0.407 e. The van der Waals surface area contributed by atoms with Crippen LogP contribution in [-0.2, 0) is 19.0 Å². The van der Waals surface area contributed by atoms with E-state index in [2.05, 4.69) is 19.2 Å². The molecule has 3 N–H and O–H groups in total. The average Bonchev–Trinajstić information content (AvgIpc) is 3.57. The number of carbonyl (C=O) groups excluding carboxylic acids is 2. The first kappa shape index (κ1) is 44.6. The zero-order valence-corrected chi connectivity index (χ0v) is 34.0. The van der Waals surface area contributed by atoms with Crippen molar-refractivity contribution in [2.75, 3.05) is 14.2 Å². The van der Waals surface area contributed by atoms with Crippen molar-refractivity contribution in [2.24, 2.45) is 23.7 Å². The number of allylic oxidation sites excluding steroid dienone is 8. The molecule has 0 fully saturated rings. The van der Waals surface area contributed by atoms with Crippen molar-refractivity contribution >= 4 is 23.4 Å². The van der Waals surface area contributed by atoms with Crippen LogP contribution in [0.25, 0.3) is 0 Å². The molecule has 1 aromatic rings. The monoisotopic (exact) mass is 738 g/mol. The van der Waals surface area contributed by atoms with E-state index in [4.69, 9.17) is 19.2 Å². The van der Waals surface area contributed by atoms with Crippen molar-refractivity contribution in [2.45, 2.75) is 113 Å². The molecule has 1 aliphatic rings. The Morgan fingerprint density at radius 3 is 2.37 bits per heavy atom. The minimum Gasteiger partial charge on any atom is -0.452 e. The Labute approximate surface area is 315 Å². The van der Waals surface area contributed by atoms with Gasteiger partial charge in [0, 0.05) is 42.9 Å². The number of aliphatic hydroxyl groups excluding tert-OH is 2. The predicted molar refractivity (Wildman–Crippen MR) is 211 cm³/mol. The van der Waals surface area contributed by atoms with Crippen molar-refractivity contribution < 1.29 is 34.0 Å². The van der Waals surface area contributed by atoms with Gasteiger partial charge in [0.1, 0.15) is 5.01 Å². The number of aromatic nitrogens is 1. The van der Waals surface area contributed by atoms with Crippen LogP contribution < -0.4 is 5.32 Å². The molecule has 1 aromatic heterocycles. The van der Waals surface area contributed by atoms with E-state index in [1.165, 1.54) is 18.4 Å². The normalized spacial score (nSPS) is 26.9. The van der Waals surface area contributed by atoms with Crippen LogP contribution in [0.2, 0.25) is 0 Å². The number of ether oxygens (including phenoxy) is 3. The molecule has 52 heavy (non-hydrogen) atoms. The first-order valence-corrected chi connectivity index (χ1v) is 19.0. The molecule has 0 bridgehead atoms. The summed E-state index contributed by atoms with van der Waals surface area (Å²) >= 11 is 1.37. The van der Waals surface area contributed by atoms with Crippen LogP contribution >= 0.6 is 11.3 Å². The maximum atomic E-state index is 13.6. The molecule has 8 atom stereocenters. The van der Waals surface area contributed by atoms with Gasteiger partial charge in [-0.3, -0.25) is 0 Å². The molecule has 0 spiro atoms. The molecule has 0 radical (unpaired) electrons. The zero-order chi connectivity index (χ0) is 39.1. The third-order valence-electron chi connectivity index (χ3n) is 9.03. The van der Waals surface area contributed by atoms with Gasteiger partial charge >= 0.3 is 12.1 Å². The standard InChI is InChI=1S/C42H62N2O7S/c1-25(2)20-37(50-42(48)43-11)40-44-34(24-52-40)39-30(7)15-13-14-29(6)38(49-12)33(10)35(45)19-17-26(3)21-28(5)22-32(9)36(46)23-27(4)16-18-31(8)41(47)51-39/h13-15,17-19,21-25,30,32-33,35-39,45-46H,16,20H2,1-12H3,(H,43,48)/t30-,32-,33-,35+,36+,37-,38+,39-/m0/s1. The van der Waals surface area contributed by atoms with Gasteiger partial charge in [0.2, 0.25) is 0 Å². The lowest BCUT2D eigenvalue weighted by Gasteiger charge is -2.26. The summed E-state index contributed by atoms with van der Waals surface area (Å²) in [6, 6.07) is 0. The second kappa shape index (κ2) is 21.8. The number of thiazole rings is 1. The number of methoxy groups -OCH3 is 1. The number of esters is 1.